The third kappa shape index (κ3) is 8.71. The van der Waals surface area contributed by atoms with Crippen LogP contribution in [-0.2, 0) is 9.59 Å². The van der Waals surface area contributed by atoms with Crippen molar-refractivity contribution in [3.8, 4) is 10.6 Å². The van der Waals surface area contributed by atoms with Crippen molar-refractivity contribution in [3.63, 3.8) is 0 Å². The Labute approximate surface area is 223 Å². The van der Waals surface area contributed by atoms with Crippen LogP contribution in [0.5, 0.6) is 0 Å². The van der Waals surface area contributed by atoms with Crippen LogP contribution in [0.3, 0.4) is 0 Å². The van der Waals surface area contributed by atoms with Crippen molar-refractivity contribution in [1.82, 2.24) is 15.1 Å². The Balaban J connectivity index is 1.57. The quantitative estimate of drug-likeness (QED) is 0.220. The molecule has 0 spiro atoms. The average Bonchev–Trinajstić information content (AvgIpc) is 3.35. The van der Waals surface area contributed by atoms with Crippen molar-refractivity contribution in [1.29, 1.82) is 0 Å². The highest BCUT2D eigenvalue weighted by Gasteiger charge is 2.22. The Morgan fingerprint density at radius 2 is 1.64 bits per heavy atom. The number of nitrogens with zero attached hydrogens (tertiary/aromatic N) is 3. The molecule has 0 saturated carbocycles. The molecule has 2 amide bonds. The first-order valence-corrected chi connectivity index (χ1v) is 13.9. The van der Waals surface area contributed by atoms with Crippen molar-refractivity contribution in [2.24, 2.45) is 0 Å². The fourth-order valence-electron chi connectivity index (χ4n) is 4.03. The summed E-state index contributed by atoms with van der Waals surface area (Å²) in [7, 11) is 0. The maximum absolute atomic E-state index is 13.2. The summed E-state index contributed by atoms with van der Waals surface area (Å²) in [4.78, 5) is 27.7. The predicted molar refractivity (Wildman–Crippen MR) is 148 cm³/mol. The summed E-state index contributed by atoms with van der Waals surface area (Å²) in [5.41, 5.74) is 1.95. The smallest absolute Gasteiger partial charge is 0.227 e. The van der Waals surface area contributed by atoms with E-state index in [9.17, 15) is 9.59 Å². The largest absolute Gasteiger partial charge is 0.335 e. The summed E-state index contributed by atoms with van der Waals surface area (Å²) < 4.78 is 0. The van der Waals surface area contributed by atoms with E-state index >= 15 is 0 Å². The molecular formula is C28H35ClN4O2S. The van der Waals surface area contributed by atoms with Crippen LogP contribution in [0, 0.1) is 0 Å². The van der Waals surface area contributed by atoms with E-state index in [-0.39, 0.29) is 24.3 Å². The van der Waals surface area contributed by atoms with Crippen LogP contribution in [0.2, 0.25) is 5.02 Å². The standard InChI is InChI=1S/C28H35ClN4O2S/c1-3-4-5-6-7-11-14-26(35)33(21(2)22-12-9-8-10-13-22)20-19-25(34)30-28-32-31-27(36-28)23-15-17-24(29)18-16-23/h8-10,12-13,15-18,21H,3-7,11,14,19-20H2,1-2H3,(H,30,32,34). The number of unbranched alkanes of at least 4 members (excludes halogenated alkanes) is 5. The van der Waals surface area contributed by atoms with Crippen LogP contribution in [-0.4, -0.2) is 33.5 Å². The van der Waals surface area contributed by atoms with Gasteiger partial charge in [-0.2, -0.15) is 0 Å². The Morgan fingerprint density at radius 1 is 0.944 bits per heavy atom. The van der Waals surface area contributed by atoms with Gasteiger partial charge in [-0.1, -0.05) is 104 Å². The lowest BCUT2D eigenvalue weighted by molar-refractivity contribution is -0.134. The summed E-state index contributed by atoms with van der Waals surface area (Å²) in [6.45, 7) is 4.57. The fourth-order valence-corrected chi connectivity index (χ4v) is 4.92. The molecule has 3 rings (SSSR count). The highest BCUT2D eigenvalue weighted by atomic mass is 35.5. The maximum atomic E-state index is 13.2. The molecular weight excluding hydrogens is 492 g/mol. The lowest BCUT2D eigenvalue weighted by Crippen LogP contribution is -2.36. The van der Waals surface area contributed by atoms with E-state index in [0.717, 1.165) is 30.4 Å². The summed E-state index contributed by atoms with van der Waals surface area (Å²) in [5, 5.41) is 12.9. The highest BCUT2D eigenvalue weighted by molar-refractivity contribution is 7.18. The number of rotatable bonds is 14. The number of hydrogen-bond donors (Lipinski definition) is 1. The minimum atomic E-state index is -0.188. The van der Waals surface area contributed by atoms with Crippen molar-refractivity contribution in [2.45, 2.75) is 71.3 Å². The number of hydrogen-bond acceptors (Lipinski definition) is 5. The van der Waals surface area contributed by atoms with Gasteiger partial charge in [-0.05, 0) is 31.0 Å². The zero-order chi connectivity index (χ0) is 25.8. The van der Waals surface area contributed by atoms with Gasteiger partial charge in [0.15, 0.2) is 0 Å². The third-order valence-corrected chi connectivity index (χ3v) is 7.30. The molecule has 0 aliphatic carbocycles. The van der Waals surface area contributed by atoms with Crippen molar-refractivity contribution >= 4 is 39.9 Å². The van der Waals surface area contributed by atoms with Crippen LogP contribution in [0.25, 0.3) is 10.6 Å². The Morgan fingerprint density at radius 3 is 2.36 bits per heavy atom. The number of carbonyl (C=O) groups excluding carboxylic acids is 2. The Hall–Kier alpha value is -2.77. The normalized spacial score (nSPS) is 11.8. The molecule has 1 N–H and O–H groups in total. The molecule has 0 aliphatic heterocycles. The second-order valence-corrected chi connectivity index (χ2v) is 10.3. The van der Waals surface area contributed by atoms with Gasteiger partial charge in [0, 0.05) is 30.0 Å². The van der Waals surface area contributed by atoms with Crippen LogP contribution in [0.1, 0.15) is 76.8 Å². The van der Waals surface area contributed by atoms with Gasteiger partial charge in [0.05, 0.1) is 6.04 Å². The van der Waals surface area contributed by atoms with Gasteiger partial charge in [-0.3, -0.25) is 9.59 Å². The second kappa shape index (κ2) is 14.7. The van der Waals surface area contributed by atoms with Crippen LogP contribution >= 0.6 is 22.9 Å². The van der Waals surface area contributed by atoms with E-state index < -0.39 is 0 Å². The summed E-state index contributed by atoms with van der Waals surface area (Å²) >= 11 is 7.26. The molecule has 8 heteroatoms. The van der Waals surface area contributed by atoms with Crippen LogP contribution in [0.15, 0.2) is 54.6 Å². The molecule has 0 fully saturated rings. The lowest BCUT2D eigenvalue weighted by atomic mass is 10.0. The molecule has 1 unspecified atom stereocenters. The van der Waals surface area contributed by atoms with Gasteiger partial charge in [-0.25, -0.2) is 0 Å². The van der Waals surface area contributed by atoms with E-state index in [1.165, 1.54) is 30.6 Å². The molecule has 36 heavy (non-hydrogen) atoms. The van der Waals surface area contributed by atoms with Gasteiger partial charge in [-0.15, -0.1) is 10.2 Å². The van der Waals surface area contributed by atoms with Crippen LogP contribution in [0.4, 0.5) is 5.13 Å². The monoisotopic (exact) mass is 526 g/mol. The first-order valence-electron chi connectivity index (χ1n) is 12.7. The maximum Gasteiger partial charge on any atom is 0.227 e. The SMILES string of the molecule is CCCCCCCCC(=O)N(CCC(=O)Nc1nnc(-c2ccc(Cl)cc2)s1)C(C)c1ccccc1. The number of anilines is 1. The number of halogens is 1. The molecule has 0 radical (unpaired) electrons. The van der Waals surface area contributed by atoms with Crippen molar-refractivity contribution in [2.75, 3.05) is 11.9 Å². The molecule has 1 aromatic heterocycles. The van der Waals surface area contributed by atoms with Crippen molar-refractivity contribution < 1.29 is 9.59 Å². The molecule has 0 aliphatic rings. The van der Waals surface area contributed by atoms with Crippen molar-refractivity contribution in [3.05, 3.63) is 65.2 Å². The fraction of sp³-hybridized carbons (Fsp3) is 0.429. The first-order chi connectivity index (χ1) is 17.5. The van der Waals surface area contributed by atoms with Gasteiger partial charge < -0.3 is 10.2 Å². The third-order valence-electron chi connectivity index (χ3n) is 6.16. The summed E-state index contributed by atoms with van der Waals surface area (Å²) in [6, 6.07) is 17.2. The van der Waals surface area contributed by atoms with E-state index in [1.54, 1.807) is 12.1 Å². The second-order valence-electron chi connectivity index (χ2n) is 8.91. The molecule has 1 atom stereocenters. The van der Waals surface area contributed by atoms with E-state index in [2.05, 4.69) is 22.4 Å². The highest BCUT2D eigenvalue weighted by Crippen LogP contribution is 2.27. The minimum Gasteiger partial charge on any atom is -0.335 e. The van der Waals surface area contributed by atoms with Gasteiger partial charge in [0.2, 0.25) is 16.9 Å². The number of carbonyl (C=O) groups is 2. The van der Waals surface area contributed by atoms with Gasteiger partial charge in [0.1, 0.15) is 5.01 Å². The van der Waals surface area contributed by atoms with E-state index in [1.807, 2.05) is 54.3 Å². The predicted octanol–water partition coefficient (Wildman–Crippen LogP) is 7.53. The summed E-state index contributed by atoms with van der Waals surface area (Å²) in [5.74, 6) is -0.0954. The van der Waals surface area contributed by atoms with Crippen LogP contribution < -0.4 is 5.32 Å². The summed E-state index contributed by atoms with van der Waals surface area (Å²) in [6.07, 6.45) is 7.48. The molecule has 2 aromatic carbocycles. The molecule has 192 valence electrons. The zero-order valence-corrected chi connectivity index (χ0v) is 22.7. The minimum absolute atomic E-state index is 0.0931. The van der Waals surface area contributed by atoms with Gasteiger partial charge >= 0.3 is 0 Å². The Bertz CT molecular complexity index is 1090. The van der Waals surface area contributed by atoms with E-state index in [4.69, 9.17) is 11.6 Å². The molecule has 0 saturated heterocycles. The Kier molecular flexibility index (Phi) is 11.4. The lowest BCUT2D eigenvalue weighted by Gasteiger charge is -2.30. The zero-order valence-electron chi connectivity index (χ0n) is 21.1. The number of nitrogens with one attached hydrogen (secondary N) is 1. The number of aromatic nitrogens is 2. The molecule has 3 aromatic rings. The topological polar surface area (TPSA) is 75.2 Å². The average molecular weight is 527 g/mol. The van der Waals surface area contributed by atoms with Gasteiger partial charge in [0.25, 0.3) is 0 Å². The van der Waals surface area contributed by atoms with E-state index in [0.29, 0.717) is 28.1 Å². The number of benzene rings is 2. The molecule has 0 bridgehead atoms. The first kappa shape index (κ1) is 27.8. The molecule has 1 heterocycles. The number of amides is 2. The molecule has 6 nitrogen and oxygen atoms in total.